The van der Waals surface area contributed by atoms with Crippen molar-refractivity contribution in [1.82, 2.24) is 10.2 Å². The number of hydrogen-bond acceptors (Lipinski definition) is 3. The predicted octanol–water partition coefficient (Wildman–Crippen LogP) is 2.12. The monoisotopic (exact) mass is 260 g/mol. The molecule has 0 atom stereocenters. The molecule has 6 heteroatoms. The zero-order valence-electron chi connectivity index (χ0n) is 9.27. The van der Waals surface area contributed by atoms with Crippen LogP contribution in [0.15, 0.2) is 30.5 Å². The molecule has 2 N–H and O–H groups in total. The Morgan fingerprint density at radius 2 is 2.33 bits per heavy atom. The SMILES string of the molecule is N#Cc1cc(Cl)ccc1NC(=O)Cc1ccn[nH]1. The van der Waals surface area contributed by atoms with Gasteiger partial charge in [-0.1, -0.05) is 11.6 Å². The second-order valence-electron chi connectivity index (χ2n) is 3.61. The topological polar surface area (TPSA) is 81.6 Å². The van der Waals surface area contributed by atoms with Gasteiger partial charge >= 0.3 is 0 Å². The van der Waals surface area contributed by atoms with Gasteiger partial charge in [-0.3, -0.25) is 9.89 Å². The first-order valence-electron chi connectivity index (χ1n) is 5.17. The Bertz CT molecular complexity index is 601. The number of carbonyl (C=O) groups is 1. The van der Waals surface area contributed by atoms with Crippen molar-refractivity contribution in [2.45, 2.75) is 6.42 Å². The summed E-state index contributed by atoms with van der Waals surface area (Å²) >= 11 is 5.77. The van der Waals surface area contributed by atoms with E-state index in [1.165, 1.54) is 6.07 Å². The number of anilines is 1. The molecule has 0 unspecified atom stereocenters. The van der Waals surface area contributed by atoms with Crippen LogP contribution in [0.3, 0.4) is 0 Å². The van der Waals surface area contributed by atoms with E-state index in [1.54, 1.807) is 24.4 Å². The van der Waals surface area contributed by atoms with Crippen molar-refractivity contribution in [1.29, 1.82) is 5.26 Å². The average molecular weight is 261 g/mol. The van der Waals surface area contributed by atoms with Gasteiger partial charge in [0.25, 0.3) is 0 Å². The van der Waals surface area contributed by atoms with Crippen LogP contribution in [-0.2, 0) is 11.2 Å². The van der Waals surface area contributed by atoms with Crippen LogP contribution in [0, 0.1) is 11.3 Å². The van der Waals surface area contributed by atoms with Gasteiger partial charge in [-0.05, 0) is 24.3 Å². The molecule has 1 aromatic carbocycles. The first kappa shape index (κ1) is 12.1. The Labute approximate surface area is 108 Å². The van der Waals surface area contributed by atoms with E-state index >= 15 is 0 Å². The highest BCUT2D eigenvalue weighted by molar-refractivity contribution is 6.30. The van der Waals surface area contributed by atoms with Gasteiger partial charge in [0, 0.05) is 16.9 Å². The third kappa shape index (κ3) is 2.87. The Kier molecular flexibility index (Phi) is 3.60. The van der Waals surface area contributed by atoms with E-state index in [2.05, 4.69) is 15.5 Å². The number of H-pyrrole nitrogens is 1. The fourth-order valence-corrected chi connectivity index (χ4v) is 1.64. The summed E-state index contributed by atoms with van der Waals surface area (Å²) in [5.41, 5.74) is 1.49. The Morgan fingerprint density at radius 1 is 1.50 bits per heavy atom. The van der Waals surface area contributed by atoms with Gasteiger partial charge in [-0.2, -0.15) is 10.4 Å². The Hall–Kier alpha value is -2.32. The van der Waals surface area contributed by atoms with Crippen molar-refractivity contribution in [3.05, 3.63) is 46.7 Å². The summed E-state index contributed by atoms with van der Waals surface area (Å²) in [4.78, 5) is 11.7. The normalized spacial score (nSPS) is 9.78. The maximum atomic E-state index is 11.7. The molecule has 0 spiro atoms. The number of halogens is 1. The molecular weight excluding hydrogens is 252 g/mol. The summed E-state index contributed by atoms with van der Waals surface area (Å²) < 4.78 is 0. The van der Waals surface area contributed by atoms with Gasteiger partial charge in [0.1, 0.15) is 6.07 Å². The van der Waals surface area contributed by atoms with E-state index in [4.69, 9.17) is 16.9 Å². The molecule has 2 aromatic rings. The number of rotatable bonds is 3. The van der Waals surface area contributed by atoms with E-state index in [1.807, 2.05) is 6.07 Å². The second kappa shape index (κ2) is 5.34. The number of nitriles is 1. The molecule has 0 fully saturated rings. The third-order valence-electron chi connectivity index (χ3n) is 2.29. The molecule has 2 rings (SSSR count). The fraction of sp³-hybridized carbons (Fsp3) is 0.0833. The summed E-state index contributed by atoms with van der Waals surface area (Å²) in [7, 11) is 0. The number of nitrogens with zero attached hydrogens (tertiary/aromatic N) is 2. The minimum Gasteiger partial charge on any atom is -0.325 e. The molecule has 0 saturated carbocycles. The first-order chi connectivity index (χ1) is 8.69. The molecule has 90 valence electrons. The molecule has 1 heterocycles. The van der Waals surface area contributed by atoms with Gasteiger partial charge in [-0.25, -0.2) is 0 Å². The second-order valence-corrected chi connectivity index (χ2v) is 4.04. The highest BCUT2D eigenvalue weighted by Crippen LogP contribution is 2.19. The molecule has 0 aliphatic carbocycles. The largest absolute Gasteiger partial charge is 0.325 e. The van der Waals surface area contributed by atoms with Crippen LogP contribution in [0.4, 0.5) is 5.69 Å². The van der Waals surface area contributed by atoms with E-state index in [9.17, 15) is 4.79 Å². The van der Waals surface area contributed by atoms with Crippen molar-refractivity contribution in [3.63, 3.8) is 0 Å². The van der Waals surface area contributed by atoms with E-state index < -0.39 is 0 Å². The van der Waals surface area contributed by atoms with Crippen molar-refractivity contribution >= 4 is 23.2 Å². The lowest BCUT2D eigenvalue weighted by Gasteiger charge is -2.06. The number of nitrogens with one attached hydrogen (secondary N) is 2. The molecule has 0 aliphatic rings. The molecule has 0 bridgehead atoms. The summed E-state index contributed by atoms with van der Waals surface area (Å²) in [6.45, 7) is 0. The number of amides is 1. The van der Waals surface area contributed by atoms with Gasteiger partial charge in [0.2, 0.25) is 5.91 Å². The average Bonchev–Trinajstić information content (AvgIpc) is 2.84. The van der Waals surface area contributed by atoms with Gasteiger partial charge in [0.15, 0.2) is 0 Å². The van der Waals surface area contributed by atoms with Crippen LogP contribution in [0.25, 0.3) is 0 Å². The van der Waals surface area contributed by atoms with E-state index in [-0.39, 0.29) is 12.3 Å². The van der Waals surface area contributed by atoms with Crippen molar-refractivity contribution < 1.29 is 4.79 Å². The zero-order chi connectivity index (χ0) is 13.0. The lowest BCUT2D eigenvalue weighted by molar-refractivity contribution is -0.115. The van der Waals surface area contributed by atoms with Crippen LogP contribution in [0.5, 0.6) is 0 Å². The van der Waals surface area contributed by atoms with Crippen LogP contribution in [-0.4, -0.2) is 16.1 Å². The number of carbonyl (C=O) groups excluding carboxylic acids is 1. The summed E-state index contributed by atoms with van der Waals surface area (Å²) in [6, 6.07) is 8.43. The number of benzene rings is 1. The Morgan fingerprint density at radius 3 is 3.00 bits per heavy atom. The number of hydrogen-bond donors (Lipinski definition) is 2. The zero-order valence-corrected chi connectivity index (χ0v) is 10.0. The van der Waals surface area contributed by atoms with Crippen LogP contribution in [0.1, 0.15) is 11.3 Å². The molecule has 0 saturated heterocycles. The van der Waals surface area contributed by atoms with Crippen molar-refractivity contribution in [2.24, 2.45) is 0 Å². The van der Waals surface area contributed by atoms with Gasteiger partial charge in [-0.15, -0.1) is 0 Å². The number of aromatic amines is 1. The van der Waals surface area contributed by atoms with E-state index in [0.717, 1.165) is 0 Å². The maximum Gasteiger partial charge on any atom is 0.230 e. The van der Waals surface area contributed by atoms with Crippen molar-refractivity contribution in [3.8, 4) is 6.07 Å². The molecule has 0 aliphatic heterocycles. The quantitative estimate of drug-likeness (QED) is 0.887. The molecule has 1 aromatic heterocycles. The van der Waals surface area contributed by atoms with Crippen LogP contribution < -0.4 is 5.32 Å². The lowest BCUT2D eigenvalue weighted by atomic mass is 10.2. The van der Waals surface area contributed by atoms with E-state index in [0.29, 0.717) is 22.0 Å². The third-order valence-corrected chi connectivity index (χ3v) is 2.52. The smallest absolute Gasteiger partial charge is 0.230 e. The standard InChI is InChI=1S/C12H9ClN4O/c13-9-1-2-11(8(5-9)7-14)16-12(18)6-10-3-4-15-17-10/h1-5H,6H2,(H,15,17)(H,16,18). The number of aromatic nitrogens is 2. The predicted molar refractivity (Wildman–Crippen MR) is 67.1 cm³/mol. The highest BCUT2D eigenvalue weighted by atomic mass is 35.5. The Balaban J connectivity index is 2.10. The molecule has 0 radical (unpaired) electrons. The summed E-state index contributed by atoms with van der Waals surface area (Å²) in [5.74, 6) is -0.224. The maximum absolute atomic E-state index is 11.7. The summed E-state index contributed by atoms with van der Waals surface area (Å²) in [5, 5.41) is 18.5. The fourth-order valence-electron chi connectivity index (χ4n) is 1.47. The molecule has 1 amide bonds. The minimum absolute atomic E-state index is 0.174. The molecule has 5 nitrogen and oxygen atoms in total. The summed E-state index contributed by atoms with van der Waals surface area (Å²) in [6.07, 6.45) is 1.75. The van der Waals surface area contributed by atoms with Gasteiger partial charge in [0.05, 0.1) is 17.7 Å². The molecular formula is C12H9ClN4O. The highest BCUT2D eigenvalue weighted by Gasteiger charge is 2.08. The van der Waals surface area contributed by atoms with Crippen molar-refractivity contribution in [2.75, 3.05) is 5.32 Å². The minimum atomic E-state index is -0.224. The lowest BCUT2D eigenvalue weighted by Crippen LogP contribution is -2.15. The van der Waals surface area contributed by atoms with Gasteiger partial charge < -0.3 is 5.32 Å². The van der Waals surface area contributed by atoms with Crippen LogP contribution >= 0.6 is 11.6 Å². The molecule has 18 heavy (non-hydrogen) atoms. The van der Waals surface area contributed by atoms with Crippen LogP contribution in [0.2, 0.25) is 5.02 Å². The first-order valence-corrected chi connectivity index (χ1v) is 5.54.